The fourth-order valence-electron chi connectivity index (χ4n) is 4.44. The fourth-order valence-corrected chi connectivity index (χ4v) is 4.44. The Kier molecular flexibility index (Phi) is 3.30. The van der Waals surface area contributed by atoms with E-state index in [1.54, 1.807) is 0 Å². The van der Waals surface area contributed by atoms with E-state index in [1.165, 1.54) is 36.8 Å². The predicted octanol–water partition coefficient (Wildman–Crippen LogP) is 2.53. The average Bonchev–Trinajstić information content (AvgIpc) is 3.44. The van der Waals surface area contributed by atoms with E-state index in [4.69, 9.17) is 0 Å². The minimum atomic E-state index is 0.219. The lowest BCUT2D eigenvalue weighted by Gasteiger charge is -2.24. The minimum absolute atomic E-state index is 0.219. The largest absolute Gasteiger partial charge is 0.355 e. The standard InChI is InChI=1S/C19H26N2O/c1-14-4-2-3-5-15(14)19(6-7-19)13-21-17(22)16-12-18(16)8-10-20-11-9-18/h2-5,16,20H,6-13H2,1H3,(H,21,22). The molecule has 1 aliphatic heterocycles. The van der Waals surface area contributed by atoms with Crippen LogP contribution in [0, 0.1) is 18.3 Å². The van der Waals surface area contributed by atoms with Gasteiger partial charge in [-0.1, -0.05) is 24.3 Å². The van der Waals surface area contributed by atoms with Gasteiger partial charge in [-0.05, 0) is 68.7 Å². The number of carbonyl (C=O) groups is 1. The van der Waals surface area contributed by atoms with Gasteiger partial charge in [-0.2, -0.15) is 0 Å². The molecule has 1 atom stereocenters. The van der Waals surface area contributed by atoms with Crippen molar-refractivity contribution in [2.24, 2.45) is 11.3 Å². The van der Waals surface area contributed by atoms with Crippen molar-refractivity contribution in [3.8, 4) is 0 Å². The van der Waals surface area contributed by atoms with Crippen LogP contribution in [-0.4, -0.2) is 25.5 Å². The molecule has 1 aromatic carbocycles. The van der Waals surface area contributed by atoms with Gasteiger partial charge < -0.3 is 10.6 Å². The molecule has 1 aromatic rings. The molecule has 1 saturated heterocycles. The molecule has 2 aliphatic carbocycles. The van der Waals surface area contributed by atoms with Crippen LogP contribution in [0.2, 0.25) is 0 Å². The van der Waals surface area contributed by atoms with E-state index in [0.29, 0.717) is 11.3 Å². The van der Waals surface area contributed by atoms with Gasteiger partial charge in [0.1, 0.15) is 0 Å². The molecule has 0 radical (unpaired) electrons. The number of hydrogen-bond acceptors (Lipinski definition) is 2. The summed E-state index contributed by atoms with van der Waals surface area (Å²) in [5.74, 6) is 0.587. The lowest BCUT2D eigenvalue weighted by atomic mass is 9.90. The van der Waals surface area contributed by atoms with Gasteiger partial charge in [-0.3, -0.25) is 4.79 Å². The first-order chi connectivity index (χ1) is 10.7. The van der Waals surface area contributed by atoms with E-state index in [0.717, 1.165) is 26.1 Å². The maximum atomic E-state index is 12.5. The third kappa shape index (κ3) is 2.36. The van der Waals surface area contributed by atoms with Crippen molar-refractivity contribution in [1.82, 2.24) is 10.6 Å². The lowest BCUT2D eigenvalue weighted by molar-refractivity contribution is -0.123. The van der Waals surface area contributed by atoms with Gasteiger partial charge in [-0.25, -0.2) is 0 Å². The molecule has 1 heterocycles. The Labute approximate surface area is 132 Å². The molecule has 3 nitrogen and oxygen atoms in total. The van der Waals surface area contributed by atoms with Crippen molar-refractivity contribution in [2.45, 2.75) is 44.4 Å². The van der Waals surface area contributed by atoms with Crippen molar-refractivity contribution in [1.29, 1.82) is 0 Å². The van der Waals surface area contributed by atoms with Crippen molar-refractivity contribution < 1.29 is 4.79 Å². The molecular formula is C19H26N2O. The maximum absolute atomic E-state index is 12.5. The summed E-state index contributed by atoms with van der Waals surface area (Å²) in [7, 11) is 0. The number of carbonyl (C=O) groups excluding carboxylic acids is 1. The Bertz CT molecular complexity index is 585. The van der Waals surface area contributed by atoms with Crippen LogP contribution in [0.15, 0.2) is 24.3 Å². The van der Waals surface area contributed by atoms with Crippen molar-refractivity contribution in [3.63, 3.8) is 0 Å². The van der Waals surface area contributed by atoms with Crippen molar-refractivity contribution in [3.05, 3.63) is 35.4 Å². The highest BCUT2D eigenvalue weighted by Gasteiger charge is 2.58. The van der Waals surface area contributed by atoms with Crippen molar-refractivity contribution >= 4 is 5.91 Å². The first-order valence-corrected chi connectivity index (χ1v) is 8.70. The fraction of sp³-hybridized carbons (Fsp3) is 0.632. The zero-order chi connectivity index (χ0) is 15.2. The topological polar surface area (TPSA) is 41.1 Å². The van der Waals surface area contributed by atoms with Gasteiger partial charge in [0.05, 0.1) is 0 Å². The second kappa shape index (κ2) is 5.09. The number of rotatable bonds is 4. The predicted molar refractivity (Wildman–Crippen MR) is 87.7 cm³/mol. The number of nitrogens with one attached hydrogen (secondary N) is 2. The second-order valence-electron chi connectivity index (χ2n) is 7.68. The highest BCUT2D eigenvalue weighted by molar-refractivity contribution is 5.82. The maximum Gasteiger partial charge on any atom is 0.223 e. The van der Waals surface area contributed by atoms with Crippen molar-refractivity contribution in [2.75, 3.05) is 19.6 Å². The molecule has 3 aliphatic rings. The normalized spacial score (nSPS) is 27.4. The number of hydrogen-bond donors (Lipinski definition) is 2. The third-order valence-electron chi connectivity index (χ3n) is 6.28. The molecule has 22 heavy (non-hydrogen) atoms. The Morgan fingerprint density at radius 2 is 1.95 bits per heavy atom. The minimum Gasteiger partial charge on any atom is -0.355 e. The highest BCUT2D eigenvalue weighted by atomic mass is 16.2. The molecule has 4 rings (SSSR count). The summed E-state index contributed by atoms with van der Waals surface area (Å²) in [6.07, 6.45) is 5.87. The van der Waals surface area contributed by atoms with Crippen LogP contribution in [0.4, 0.5) is 0 Å². The highest BCUT2D eigenvalue weighted by Crippen LogP contribution is 2.58. The van der Waals surface area contributed by atoms with Crippen LogP contribution in [0.25, 0.3) is 0 Å². The lowest BCUT2D eigenvalue weighted by Crippen LogP contribution is -2.37. The summed E-state index contributed by atoms with van der Waals surface area (Å²) >= 11 is 0. The third-order valence-corrected chi connectivity index (χ3v) is 6.28. The molecule has 0 aromatic heterocycles. The van der Waals surface area contributed by atoms with Crippen LogP contribution in [-0.2, 0) is 10.2 Å². The Morgan fingerprint density at radius 3 is 2.64 bits per heavy atom. The summed E-state index contributed by atoms with van der Waals surface area (Å²) in [6, 6.07) is 8.63. The molecule has 1 spiro atoms. The number of aryl methyl sites for hydroxylation is 1. The molecule has 1 amide bonds. The Hall–Kier alpha value is -1.35. The summed E-state index contributed by atoms with van der Waals surface area (Å²) in [4.78, 5) is 12.5. The molecule has 2 saturated carbocycles. The molecule has 1 unspecified atom stereocenters. The van der Waals surface area contributed by atoms with Crippen LogP contribution in [0.1, 0.15) is 43.2 Å². The van der Waals surface area contributed by atoms with Gasteiger partial charge in [0.25, 0.3) is 0 Å². The van der Waals surface area contributed by atoms with Gasteiger partial charge in [0, 0.05) is 17.9 Å². The number of piperidine rings is 1. The second-order valence-corrected chi connectivity index (χ2v) is 7.68. The van der Waals surface area contributed by atoms with Gasteiger partial charge >= 0.3 is 0 Å². The summed E-state index contributed by atoms with van der Waals surface area (Å²) < 4.78 is 0. The first kappa shape index (κ1) is 14.3. The van der Waals surface area contributed by atoms with E-state index < -0.39 is 0 Å². The molecule has 2 N–H and O–H groups in total. The van der Waals surface area contributed by atoms with E-state index in [9.17, 15) is 4.79 Å². The smallest absolute Gasteiger partial charge is 0.223 e. The van der Waals surface area contributed by atoms with E-state index in [-0.39, 0.29) is 11.3 Å². The van der Waals surface area contributed by atoms with Gasteiger partial charge in [0.15, 0.2) is 0 Å². The molecule has 118 valence electrons. The molecule has 3 fully saturated rings. The number of amides is 1. The van der Waals surface area contributed by atoms with E-state index in [1.807, 2.05) is 0 Å². The van der Waals surface area contributed by atoms with Crippen LogP contribution >= 0.6 is 0 Å². The first-order valence-electron chi connectivity index (χ1n) is 8.70. The summed E-state index contributed by atoms with van der Waals surface area (Å²) in [6.45, 7) is 5.16. The zero-order valence-corrected chi connectivity index (χ0v) is 13.5. The Balaban J connectivity index is 1.37. The van der Waals surface area contributed by atoms with Crippen LogP contribution < -0.4 is 10.6 Å². The molecule has 3 heteroatoms. The summed E-state index contributed by atoms with van der Waals surface area (Å²) in [5.41, 5.74) is 3.35. The van der Waals surface area contributed by atoms with Crippen LogP contribution in [0.5, 0.6) is 0 Å². The zero-order valence-electron chi connectivity index (χ0n) is 13.5. The SMILES string of the molecule is Cc1ccccc1C1(CNC(=O)C2CC23CCNCC3)CC1. The monoisotopic (exact) mass is 298 g/mol. The Morgan fingerprint density at radius 1 is 1.23 bits per heavy atom. The van der Waals surface area contributed by atoms with Gasteiger partial charge in [0.2, 0.25) is 5.91 Å². The van der Waals surface area contributed by atoms with Gasteiger partial charge in [-0.15, -0.1) is 0 Å². The quantitative estimate of drug-likeness (QED) is 0.897. The molecular weight excluding hydrogens is 272 g/mol. The van der Waals surface area contributed by atoms with E-state index in [2.05, 4.69) is 41.8 Å². The molecule has 0 bridgehead atoms. The number of benzene rings is 1. The summed E-state index contributed by atoms with van der Waals surface area (Å²) in [5, 5.41) is 6.69. The van der Waals surface area contributed by atoms with E-state index >= 15 is 0 Å². The van der Waals surface area contributed by atoms with Crippen LogP contribution in [0.3, 0.4) is 0 Å². The average molecular weight is 298 g/mol.